The molecule has 2 aromatic heterocycles. The van der Waals surface area contributed by atoms with Crippen LogP contribution in [-0.4, -0.2) is 15.6 Å². The van der Waals surface area contributed by atoms with Gasteiger partial charge in [0.05, 0.1) is 11.9 Å². The second-order valence-corrected chi connectivity index (χ2v) is 4.26. The van der Waals surface area contributed by atoms with Gasteiger partial charge < -0.3 is 5.32 Å². The predicted octanol–water partition coefficient (Wildman–Crippen LogP) is 2.44. The maximum Gasteiger partial charge on any atom is 0.255 e. The zero-order valence-corrected chi connectivity index (χ0v) is 10.6. The van der Waals surface area contributed by atoms with E-state index in [1.165, 1.54) is 6.07 Å². The third kappa shape index (κ3) is 2.77. The lowest BCUT2D eigenvalue weighted by Crippen LogP contribution is -2.17. The highest BCUT2D eigenvalue weighted by Crippen LogP contribution is 2.09. The second-order valence-electron chi connectivity index (χ2n) is 4.26. The maximum absolute atomic E-state index is 11.6. The first-order valence-corrected chi connectivity index (χ1v) is 6.11. The first-order valence-electron chi connectivity index (χ1n) is 6.11. The number of aromatic nitrogens is 2. The number of rotatable bonds is 4. The van der Waals surface area contributed by atoms with Gasteiger partial charge in [-0.1, -0.05) is 13.0 Å². The van der Waals surface area contributed by atoms with Gasteiger partial charge in [0.2, 0.25) is 0 Å². The molecule has 0 radical (unpaired) electrons. The van der Waals surface area contributed by atoms with Gasteiger partial charge in [-0.25, -0.2) is 4.98 Å². The molecule has 4 heteroatoms. The molecule has 4 nitrogen and oxygen atoms in total. The minimum atomic E-state index is -0.0538. The third-order valence-electron chi connectivity index (χ3n) is 2.86. The fourth-order valence-corrected chi connectivity index (χ4v) is 1.61. The Labute approximate surface area is 106 Å². The molecular weight excluding hydrogens is 226 g/mol. The van der Waals surface area contributed by atoms with E-state index in [2.05, 4.69) is 24.1 Å². The van der Waals surface area contributed by atoms with E-state index in [0.29, 0.717) is 6.04 Å². The standard InChI is InChI=1S/C14H17N3O/c1-3-11(2)16-13-8-7-12(10-15-13)17-9-5-4-6-14(17)18/h4-11H,3H2,1-2H3,(H,15,16). The van der Waals surface area contributed by atoms with E-state index in [0.717, 1.165) is 17.9 Å². The first-order chi connectivity index (χ1) is 8.70. The van der Waals surface area contributed by atoms with Gasteiger partial charge in [-0.15, -0.1) is 0 Å². The average molecular weight is 243 g/mol. The molecule has 0 saturated carbocycles. The molecule has 0 bridgehead atoms. The summed E-state index contributed by atoms with van der Waals surface area (Å²) in [6.45, 7) is 4.23. The Morgan fingerprint density at radius 2 is 2.17 bits per heavy atom. The average Bonchev–Trinajstić information content (AvgIpc) is 2.40. The molecular formula is C14H17N3O. The number of nitrogens with zero attached hydrogens (tertiary/aromatic N) is 2. The second kappa shape index (κ2) is 5.49. The van der Waals surface area contributed by atoms with E-state index in [9.17, 15) is 4.79 Å². The molecule has 0 amide bonds. The molecule has 0 spiro atoms. The van der Waals surface area contributed by atoms with Crippen LogP contribution in [0.2, 0.25) is 0 Å². The molecule has 2 rings (SSSR count). The summed E-state index contributed by atoms with van der Waals surface area (Å²) in [5.41, 5.74) is 0.720. The molecule has 2 aromatic rings. The molecule has 1 N–H and O–H groups in total. The molecule has 0 aliphatic rings. The van der Waals surface area contributed by atoms with Crippen molar-refractivity contribution >= 4 is 5.82 Å². The zero-order valence-electron chi connectivity index (χ0n) is 10.6. The van der Waals surface area contributed by atoms with Gasteiger partial charge in [0.15, 0.2) is 0 Å². The lowest BCUT2D eigenvalue weighted by atomic mass is 10.2. The highest BCUT2D eigenvalue weighted by molar-refractivity contribution is 5.41. The summed E-state index contributed by atoms with van der Waals surface area (Å²) in [5.74, 6) is 0.831. The minimum Gasteiger partial charge on any atom is -0.368 e. The van der Waals surface area contributed by atoms with Crippen molar-refractivity contribution in [2.45, 2.75) is 26.3 Å². The van der Waals surface area contributed by atoms with Crippen molar-refractivity contribution < 1.29 is 0 Å². The quantitative estimate of drug-likeness (QED) is 0.897. The van der Waals surface area contributed by atoms with Crippen molar-refractivity contribution in [1.29, 1.82) is 0 Å². The van der Waals surface area contributed by atoms with Crippen LogP contribution in [-0.2, 0) is 0 Å². The molecule has 0 aliphatic heterocycles. The topological polar surface area (TPSA) is 46.9 Å². The van der Waals surface area contributed by atoms with Gasteiger partial charge in [-0.3, -0.25) is 9.36 Å². The Balaban J connectivity index is 2.23. The lowest BCUT2D eigenvalue weighted by molar-refractivity contribution is 0.759. The summed E-state index contributed by atoms with van der Waals surface area (Å²) in [7, 11) is 0. The summed E-state index contributed by atoms with van der Waals surface area (Å²) in [6.07, 6.45) is 4.48. The zero-order chi connectivity index (χ0) is 13.0. The van der Waals surface area contributed by atoms with Crippen LogP contribution in [0.15, 0.2) is 47.5 Å². The maximum atomic E-state index is 11.6. The molecule has 0 fully saturated rings. The van der Waals surface area contributed by atoms with Crippen molar-refractivity contribution in [3.63, 3.8) is 0 Å². The predicted molar refractivity (Wildman–Crippen MR) is 73.2 cm³/mol. The number of pyridine rings is 2. The highest BCUT2D eigenvalue weighted by atomic mass is 16.1. The molecule has 2 heterocycles. The number of nitrogens with one attached hydrogen (secondary N) is 1. The summed E-state index contributed by atoms with van der Waals surface area (Å²) >= 11 is 0. The van der Waals surface area contributed by atoms with Crippen molar-refractivity contribution in [2.24, 2.45) is 0 Å². The Kier molecular flexibility index (Phi) is 3.77. The molecule has 0 aliphatic carbocycles. The van der Waals surface area contributed by atoms with Crippen molar-refractivity contribution in [3.8, 4) is 5.69 Å². The molecule has 1 unspecified atom stereocenters. The summed E-state index contributed by atoms with van der Waals surface area (Å²) in [6, 6.07) is 9.26. The Morgan fingerprint density at radius 1 is 1.33 bits per heavy atom. The van der Waals surface area contributed by atoms with Gasteiger partial charge in [-0.2, -0.15) is 0 Å². The highest BCUT2D eigenvalue weighted by Gasteiger charge is 2.02. The SMILES string of the molecule is CCC(C)Nc1ccc(-n2ccccc2=O)cn1. The van der Waals surface area contributed by atoms with E-state index < -0.39 is 0 Å². The molecule has 1 atom stereocenters. The number of anilines is 1. The third-order valence-corrected chi connectivity index (χ3v) is 2.86. The van der Waals surface area contributed by atoms with E-state index in [1.807, 2.05) is 18.2 Å². The normalized spacial score (nSPS) is 12.1. The van der Waals surface area contributed by atoms with Crippen LogP contribution >= 0.6 is 0 Å². The molecule has 0 saturated heterocycles. The Hall–Kier alpha value is -2.10. The molecule has 94 valence electrons. The van der Waals surface area contributed by atoms with Crippen LogP contribution in [0.3, 0.4) is 0 Å². The molecule has 18 heavy (non-hydrogen) atoms. The van der Waals surface area contributed by atoms with Gasteiger partial charge in [-0.05, 0) is 31.5 Å². The summed E-state index contributed by atoms with van der Waals surface area (Å²) < 4.78 is 1.57. The van der Waals surface area contributed by atoms with Crippen LogP contribution in [0.5, 0.6) is 0 Å². The van der Waals surface area contributed by atoms with Gasteiger partial charge in [0.1, 0.15) is 5.82 Å². The number of hydrogen-bond acceptors (Lipinski definition) is 3. The van der Waals surface area contributed by atoms with E-state index >= 15 is 0 Å². The van der Waals surface area contributed by atoms with E-state index in [4.69, 9.17) is 0 Å². The lowest BCUT2D eigenvalue weighted by Gasteiger charge is -2.12. The monoisotopic (exact) mass is 243 g/mol. The largest absolute Gasteiger partial charge is 0.368 e. The molecule has 0 aromatic carbocycles. The van der Waals surface area contributed by atoms with Crippen LogP contribution in [0.1, 0.15) is 20.3 Å². The van der Waals surface area contributed by atoms with Gasteiger partial charge in [0, 0.05) is 18.3 Å². The minimum absolute atomic E-state index is 0.0538. The van der Waals surface area contributed by atoms with Crippen LogP contribution in [0.4, 0.5) is 5.82 Å². The van der Waals surface area contributed by atoms with Crippen molar-refractivity contribution in [1.82, 2.24) is 9.55 Å². The van der Waals surface area contributed by atoms with Crippen molar-refractivity contribution in [3.05, 3.63) is 53.1 Å². The van der Waals surface area contributed by atoms with Crippen LogP contribution < -0.4 is 10.9 Å². The van der Waals surface area contributed by atoms with E-state index in [-0.39, 0.29) is 5.56 Å². The van der Waals surface area contributed by atoms with Gasteiger partial charge >= 0.3 is 0 Å². The Bertz CT molecular complexity index is 560. The Morgan fingerprint density at radius 3 is 2.78 bits per heavy atom. The number of hydrogen-bond donors (Lipinski definition) is 1. The van der Waals surface area contributed by atoms with Crippen LogP contribution in [0.25, 0.3) is 5.69 Å². The van der Waals surface area contributed by atoms with Gasteiger partial charge in [0.25, 0.3) is 5.56 Å². The first kappa shape index (κ1) is 12.4. The summed E-state index contributed by atoms with van der Waals surface area (Å²) in [5, 5.41) is 3.29. The van der Waals surface area contributed by atoms with E-state index in [1.54, 1.807) is 23.0 Å². The van der Waals surface area contributed by atoms with Crippen LogP contribution in [0, 0.1) is 0 Å². The summed E-state index contributed by atoms with van der Waals surface area (Å²) in [4.78, 5) is 16.0. The fourth-order valence-electron chi connectivity index (χ4n) is 1.61. The van der Waals surface area contributed by atoms with Crippen molar-refractivity contribution in [2.75, 3.05) is 5.32 Å². The fraction of sp³-hybridized carbons (Fsp3) is 0.286. The smallest absolute Gasteiger partial charge is 0.255 e.